The summed E-state index contributed by atoms with van der Waals surface area (Å²) in [5.74, 6) is 1.49. The lowest BCUT2D eigenvalue weighted by Crippen LogP contribution is -2.34. The Hall–Kier alpha value is -3.24. The molecule has 0 aliphatic heterocycles. The van der Waals surface area contributed by atoms with Gasteiger partial charge in [-0.05, 0) is 48.9 Å². The molecule has 0 atom stereocenters. The monoisotopic (exact) mass is 472 g/mol. The molecule has 1 aromatic heterocycles. The Bertz CT molecular complexity index is 1170. The van der Waals surface area contributed by atoms with Gasteiger partial charge in [-0.2, -0.15) is 9.29 Å². The summed E-state index contributed by atoms with van der Waals surface area (Å²) in [7, 11) is -2.44. The van der Waals surface area contributed by atoms with Gasteiger partial charge in [0.25, 0.3) is 0 Å². The molecule has 0 aliphatic carbocycles. The van der Waals surface area contributed by atoms with Gasteiger partial charge in [0.05, 0.1) is 18.0 Å². The van der Waals surface area contributed by atoms with Gasteiger partial charge in [0, 0.05) is 25.1 Å². The number of sulfonamides is 1. The second-order valence-corrected chi connectivity index (χ2v) is 9.84. The number of benzene rings is 2. The molecule has 3 aromatic rings. The average molecular weight is 473 g/mol. The highest BCUT2D eigenvalue weighted by molar-refractivity contribution is 7.89. The van der Waals surface area contributed by atoms with Gasteiger partial charge in [-0.25, -0.2) is 8.42 Å². The van der Waals surface area contributed by atoms with Crippen LogP contribution in [0.3, 0.4) is 0 Å². The first kappa shape index (κ1) is 24.4. The van der Waals surface area contributed by atoms with Crippen LogP contribution >= 0.6 is 0 Å². The Balaban J connectivity index is 1.56. The average Bonchev–Trinajstić information content (AvgIpc) is 3.24. The van der Waals surface area contributed by atoms with Crippen molar-refractivity contribution in [1.82, 2.24) is 14.4 Å². The standard InChI is InChI=1S/C23H28N4O5S/c1-5-31-19-10-12-20(13-11-19)33(29,30)27(4)15-22(28)24-18-8-6-17(7-9-18)14-21-25-23(16(2)3)32-26-21/h6-13,16H,5,14-15H2,1-4H3,(H,24,28). The number of anilines is 1. The first-order chi connectivity index (χ1) is 15.7. The zero-order valence-electron chi connectivity index (χ0n) is 19.1. The number of nitrogens with one attached hydrogen (secondary N) is 1. The van der Waals surface area contributed by atoms with E-state index in [1.807, 2.05) is 32.9 Å². The Labute approximate surface area is 193 Å². The molecule has 0 aliphatic rings. The van der Waals surface area contributed by atoms with E-state index in [9.17, 15) is 13.2 Å². The molecule has 9 nitrogen and oxygen atoms in total. The minimum Gasteiger partial charge on any atom is -0.494 e. The fourth-order valence-electron chi connectivity index (χ4n) is 3.00. The molecule has 0 spiro atoms. The summed E-state index contributed by atoms with van der Waals surface area (Å²) in [5, 5.41) is 6.69. The largest absolute Gasteiger partial charge is 0.494 e. The molecule has 10 heteroatoms. The van der Waals surface area contributed by atoms with Crippen molar-refractivity contribution < 1.29 is 22.5 Å². The first-order valence-electron chi connectivity index (χ1n) is 10.6. The van der Waals surface area contributed by atoms with Crippen LogP contribution in [0.1, 0.15) is 44.0 Å². The van der Waals surface area contributed by atoms with Crippen LogP contribution in [0, 0.1) is 0 Å². The lowest BCUT2D eigenvalue weighted by molar-refractivity contribution is -0.116. The molecular weight excluding hydrogens is 444 g/mol. The highest BCUT2D eigenvalue weighted by atomic mass is 32.2. The number of carbonyl (C=O) groups excluding carboxylic acids is 1. The summed E-state index contributed by atoms with van der Waals surface area (Å²) in [6, 6.07) is 13.3. The van der Waals surface area contributed by atoms with E-state index in [0.29, 0.717) is 36.2 Å². The number of carbonyl (C=O) groups is 1. The predicted molar refractivity (Wildman–Crippen MR) is 124 cm³/mol. The molecule has 0 saturated carbocycles. The van der Waals surface area contributed by atoms with Crippen LogP contribution in [-0.4, -0.2) is 49.0 Å². The number of aromatic nitrogens is 2. The number of likely N-dealkylation sites (N-methyl/N-ethyl adjacent to an activating group) is 1. The van der Waals surface area contributed by atoms with Gasteiger partial charge in [-0.15, -0.1) is 0 Å². The van der Waals surface area contributed by atoms with E-state index in [4.69, 9.17) is 9.26 Å². The second-order valence-electron chi connectivity index (χ2n) is 7.79. The minimum absolute atomic E-state index is 0.0905. The van der Waals surface area contributed by atoms with E-state index in [2.05, 4.69) is 15.5 Å². The molecule has 0 saturated heterocycles. The molecule has 2 aromatic carbocycles. The van der Waals surface area contributed by atoms with E-state index < -0.39 is 15.9 Å². The Morgan fingerprint density at radius 1 is 1.12 bits per heavy atom. The van der Waals surface area contributed by atoms with Gasteiger partial charge >= 0.3 is 0 Å². The van der Waals surface area contributed by atoms with Gasteiger partial charge in [-0.1, -0.05) is 31.1 Å². The summed E-state index contributed by atoms with van der Waals surface area (Å²) in [6.07, 6.45) is 0.507. The zero-order valence-corrected chi connectivity index (χ0v) is 19.9. The lowest BCUT2D eigenvalue weighted by Gasteiger charge is -2.17. The van der Waals surface area contributed by atoms with Crippen LogP contribution < -0.4 is 10.1 Å². The molecule has 0 bridgehead atoms. The molecule has 3 rings (SSSR count). The van der Waals surface area contributed by atoms with E-state index in [1.54, 1.807) is 24.3 Å². The molecule has 1 heterocycles. The number of ether oxygens (including phenoxy) is 1. The number of hydrogen-bond donors (Lipinski definition) is 1. The number of rotatable bonds is 10. The van der Waals surface area contributed by atoms with Crippen molar-refractivity contribution in [1.29, 1.82) is 0 Å². The highest BCUT2D eigenvalue weighted by Gasteiger charge is 2.23. The fraction of sp³-hybridized carbons (Fsp3) is 0.348. The molecule has 1 amide bonds. The molecular formula is C23H28N4O5S. The van der Waals surface area contributed by atoms with Gasteiger partial charge in [-0.3, -0.25) is 4.79 Å². The Morgan fingerprint density at radius 2 is 1.79 bits per heavy atom. The van der Waals surface area contributed by atoms with Crippen LogP contribution in [0.2, 0.25) is 0 Å². The van der Waals surface area contributed by atoms with E-state index in [1.165, 1.54) is 19.2 Å². The van der Waals surface area contributed by atoms with E-state index >= 15 is 0 Å². The Morgan fingerprint density at radius 3 is 2.36 bits per heavy atom. The highest BCUT2D eigenvalue weighted by Crippen LogP contribution is 2.19. The maximum atomic E-state index is 12.7. The number of hydrogen-bond acceptors (Lipinski definition) is 7. The third-order valence-corrected chi connectivity index (χ3v) is 6.60. The van der Waals surface area contributed by atoms with Crippen molar-refractivity contribution >= 4 is 21.6 Å². The van der Waals surface area contributed by atoms with Crippen LogP contribution in [0.25, 0.3) is 0 Å². The summed E-state index contributed by atoms with van der Waals surface area (Å²) in [6.45, 7) is 5.98. The fourth-order valence-corrected chi connectivity index (χ4v) is 4.13. The number of amides is 1. The summed E-state index contributed by atoms with van der Waals surface area (Å²) < 4.78 is 37.0. The predicted octanol–water partition coefficient (Wildman–Crippen LogP) is 3.44. The molecule has 1 N–H and O–H groups in total. The van der Waals surface area contributed by atoms with Crippen molar-refractivity contribution in [2.75, 3.05) is 25.5 Å². The van der Waals surface area contributed by atoms with Gasteiger partial charge in [0.2, 0.25) is 21.8 Å². The normalized spacial score (nSPS) is 11.7. The lowest BCUT2D eigenvalue weighted by atomic mass is 10.1. The van der Waals surface area contributed by atoms with Crippen LogP contribution in [-0.2, 0) is 21.2 Å². The van der Waals surface area contributed by atoms with Crippen molar-refractivity contribution in [2.45, 2.75) is 38.0 Å². The van der Waals surface area contributed by atoms with Crippen molar-refractivity contribution in [3.8, 4) is 5.75 Å². The molecule has 0 fully saturated rings. The van der Waals surface area contributed by atoms with Crippen LogP contribution in [0.15, 0.2) is 57.9 Å². The SMILES string of the molecule is CCOc1ccc(S(=O)(=O)N(C)CC(=O)Nc2ccc(Cc3noc(C(C)C)n3)cc2)cc1. The topological polar surface area (TPSA) is 115 Å². The van der Waals surface area contributed by atoms with E-state index in [-0.39, 0.29) is 17.4 Å². The Kier molecular flexibility index (Phi) is 7.83. The molecule has 0 unspecified atom stereocenters. The second kappa shape index (κ2) is 10.6. The summed E-state index contributed by atoms with van der Waals surface area (Å²) >= 11 is 0. The van der Waals surface area contributed by atoms with Gasteiger partial charge < -0.3 is 14.6 Å². The third kappa shape index (κ3) is 6.39. The smallest absolute Gasteiger partial charge is 0.243 e. The molecule has 176 valence electrons. The summed E-state index contributed by atoms with van der Waals surface area (Å²) in [5.41, 5.74) is 1.52. The molecule has 0 radical (unpaired) electrons. The van der Waals surface area contributed by atoms with Crippen LogP contribution in [0.4, 0.5) is 5.69 Å². The molecule has 33 heavy (non-hydrogen) atoms. The van der Waals surface area contributed by atoms with Crippen LogP contribution in [0.5, 0.6) is 5.75 Å². The van der Waals surface area contributed by atoms with Gasteiger partial charge in [0.1, 0.15) is 5.75 Å². The maximum absolute atomic E-state index is 12.7. The summed E-state index contributed by atoms with van der Waals surface area (Å²) in [4.78, 5) is 16.9. The quantitative estimate of drug-likeness (QED) is 0.481. The third-order valence-electron chi connectivity index (χ3n) is 4.79. The van der Waals surface area contributed by atoms with Crippen molar-refractivity contribution in [3.05, 3.63) is 65.8 Å². The first-order valence-corrected chi connectivity index (χ1v) is 12.0. The number of nitrogens with zero attached hydrogens (tertiary/aromatic N) is 3. The van der Waals surface area contributed by atoms with Gasteiger partial charge in [0.15, 0.2) is 5.82 Å². The maximum Gasteiger partial charge on any atom is 0.243 e. The zero-order chi connectivity index (χ0) is 24.0. The van der Waals surface area contributed by atoms with Crippen molar-refractivity contribution in [3.63, 3.8) is 0 Å². The van der Waals surface area contributed by atoms with E-state index in [0.717, 1.165) is 9.87 Å². The minimum atomic E-state index is -3.81. The van der Waals surface area contributed by atoms with Crippen molar-refractivity contribution in [2.24, 2.45) is 0 Å².